The molecule has 0 bridgehead atoms. The first kappa shape index (κ1) is 22.1. The Morgan fingerprint density at radius 3 is 2.52 bits per heavy atom. The van der Waals surface area contributed by atoms with Crippen molar-refractivity contribution in [2.24, 2.45) is 5.92 Å². The summed E-state index contributed by atoms with van der Waals surface area (Å²) in [6, 6.07) is -0.120. The third kappa shape index (κ3) is 4.44. The van der Waals surface area contributed by atoms with Gasteiger partial charge in [0.2, 0.25) is 5.91 Å². The highest BCUT2D eigenvalue weighted by Gasteiger charge is 2.45. The first-order valence-electron chi connectivity index (χ1n) is 12.0. The largest absolute Gasteiger partial charge is 0.444 e. The van der Waals surface area contributed by atoms with Gasteiger partial charge in [-0.15, -0.1) is 10.2 Å². The maximum atomic E-state index is 13.8. The molecule has 1 aromatic rings. The van der Waals surface area contributed by atoms with Crippen LogP contribution in [0.25, 0.3) is 0 Å². The van der Waals surface area contributed by atoms with Gasteiger partial charge in [-0.3, -0.25) is 4.79 Å². The second kappa shape index (κ2) is 8.79. The molecule has 3 atom stereocenters. The van der Waals surface area contributed by atoms with Gasteiger partial charge in [-0.05, 0) is 65.7 Å². The Balaban J connectivity index is 1.53. The monoisotopic (exact) mass is 431 g/mol. The Morgan fingerprint density at radius 2 is 1.77 bits per heavy atom. The van der Waals surface area contributed by atoms with Crippen LogP contribution in [0.4, 0.5) is 4.79 Å². The molecule has 3 unspecified atom stereocenters. The standard InChI is InChI=1S/C23H37N5O3/c1-5-17-16(12-15-27(17)22(30)31-23(2,3)4)21(29)26-13-8-6-10-18(26)20-25-24-19-11-7-9-14-28(19)20/h16-18H,5-15H2,1-4H3. The minimum absolute atomic E-state index is 0.00585. The van der Waals surface area contributed by atoms with Gasteiger partial charge in [0.05, 0.1) is 12.0 Å². The molecule has 4 rings (SSSR count). The lowest BCUT2D eigenvalue weighted by molar-refractivity contribution is -0.140. The third-order valence-electron chi connectivity index (χ3n) is 6.88. The number of nitrogens with zero attached hydrogens (tertiary/aromatic N) is 5. The van der Waals surface area contributed by atoms with Crippen LogP contribution in [0.5, 0.6) is 0 Å². The first-order chi connectivity index (χ1) is 14.8. The van der Waals surface area contributed by atoms with E-state index >= 15 is 0 Å². The van der Waals surface area contributed by atoms with Crippen LogP contribution in [0, 0.1) is 5.92 Å². The highest BCUT2D eigenvalue weighted by atomic mass is 16.6. The number of rotatable bonds is 3. The summed E-state index contributed by atoms with van der Waals surface area (Å²) in [4.78, 5) is 30.3. The normalized spacial score (nSPS) is 26.6. The molecule has 8 nitrogen and oxygen atoms in total. The van der Waals surface area contributed by atoms with Crippen LogP contribution in [0.2, 0.25) is 0 Å². The highest BCUT2D eigenvalue weighted by molar-refractivity contribution is 5.82. The maximum Gasteiger partial charge on any atom is 0.410 e. The molecule has 0 saturated carbocycles. The quantitative estimate of drug-likeness (QED) is 0.729. The zero-order valence-corrected chi connectivity index (χ0v) is 19.5. The summed E-state index contributed by atoms with van der Waals surface area (Å²) < 4.78 is 7.86. The predicted octanol–water partition coefficient (Wildman–Crippen LogP) is 3.70. The molecule has 172 valence electrons. The zero-order valence-electron chi connectivity index (χ0n) is 19.5. The number of hydrogen-bond donors (Lipinski definition) is 0. The Bertz CT molecular complexity index is 815. The molecule has 4 heterocycles. The van der Waals surface area contributed by atoms with Crippen LogP contribution in [0.3, 0.4) is 0 Å². The van der Waals surface area contributed by atoms with Crippen LogP contribution < -0.4 is 0 Å². The number of aryl methyl sites for hydroxylation is 1. The molecule has 0 spiro atoms. The molecule has 3 aliphatic rings. The van der Waals surface area contributed by atoms with Gasteiger partial charge < -0.3 is 19.1 Å². The second-order valence-corrected chi connectivity index (χ2v) is 10.2. The van der Waals surface area contributed by atoms with E-state index in [0.29, 0.717) is 13.0 Å². The summed E-state index contributed by atoms with van der Waals surface area (Å²) in [5.41, 5.74) is -0.539. The lowest BCUT2D eigenvalue weighted by atomic mass is 9.93. The second-order valence-electron chi connectivity index (χ2n) is 10.2. The van der Waals surface area contributed by atoms with Crippen molar-refractivity contribution in [3.63, 3.8) is 0 Å². The van der Waals surface area contributed by atoms with Crippen LogP contribution in [-0.4, -0.2) is 61.3 Å². The Labute approximate surface area is 185 Å². The van der Waals surface area contributed by atoms with Crippen molar-refractivity contribution >= 4 is 12.0 Å². The van der Waals surface area contributed by atoms with E-state index in [4.69, 9.17) is 4.74 Å². The van der Waals surface area contributed by atoms with Gasteiger partial charge in [-0.25, -0.2) is 4.79 Å². The van der Waals surface area contributed by atoms with Gasteiger partial charge in [0.15, 0.2) is 5.82 Å². The lowest BCUT2D eigenvalue weighted by Gasteiger charge is -2.38. The number of hydrogen-bond acceptors (Lipinski definition) is 5. The van der Waals surface area contributed by atoms with Gasteiger partial charge >= 0.3 is 6.09 Å². The van der Waals surface area contributed by atoms with Crippen LogP contribution >= 0.6 is 0 Å². The van der Waals surface area contributed by atoms with Gasteiger partial charge in [0.1, 0.15) is 11.4 Å². The summed E-state index contributed by atoms with van der Waals surface area (Å²) in [7, 11) is 0. The van der Waals surface area contributed by atoms with E-state index in [1.807, 2.05) is 25.7 Å². The molecule has 0 radical (unpaired) electrons. The highest BCUT2D eigenvalue weighted by Crippen LogP contribution is 2.36. The van der Waals surface area contributed by atoms with Crippen molar-refractivity contribution < 1.29 is 14.3 Å². The molecule has 0 aromatic carbocycles. The summed E-state index contributed by atoms with van der Waals surface area (Å²) in [6.07, 6.45) is 7.45. The summed E-state index contributed by atoms with van der Waals surface area (Å²) in [5, 5.41) is 8.97. The topological polar surface area (TPSA) is 80.6 Å². The number of ether oxygens (including phenoxy) is 1. The van der Waals surface area contributed by atoms with Crippen molar-refractivity contribution in [3.8, 4) is 0 Å². The minimum Gasteiger partial charge on any atom is -0.444 e. The van der Waals surface area contributed by atoms with Crippen molar-refractivity contribution in [2.45, 2.75) is 103 Å². The molecule has 31 heavy (non-hydrogen) atoms. The van der Waals surface area contributed by atoms with Gasteiger partial charge in [-0.1, -0.05) is 6.92 Å². The SMILES string of the molecule is CCC1C(C(=O)N2CCCCC2c2nnc3n2CCCC3)CCN1C(=O)OC(C)(C)C. The van der Waals surface area contributed by atoms with Gasteiger partial charge in [0, 0.05) is 32.1 Å². The van der Waals surface area contributed by atoms with Gasteiger partial charge in [-0.2, -0.15) is 0 Å². The summed E-state index contributed by atoms with van der Waals surface area (Å²) >= 11 is 0. The molecule has 0 N–H and O–H groups in total. The van der Waals surface area contributed by atoms with Gasteiger partial charge in [0.25, 0.3) is 0 Å². The molecule has 2 amide bonds. The molecule has 8 heteroatoms. The fraction of sp³-hybridized carbons (Fsp3) is 0.826. The average molecular weight is 432 g/mol. The number of carbonyl (C=O) groups excluding carboxylic acids is 2. The lowest BCUT2D eigenvalue weighted by Crippen LogP contribution is -2.47. The smallest absolute Gasteiger partial charge is 0.410 e. The molecule has 1 aromatic heterocycles. The van der Waals surface area contributed by atoms with E-state index in [-0.39, 0.29) is 30.0 Å². The van der Waals surface area contributed by atoms with Crippen molar-refractivity contribution in [1.82, 2.24) is 24.6 Å². The predicted molar refractivity (Wildman–Crippen MR) is 116 cm³/mol. The van der Waals surface area contributed by atoms with E-state index in [1.165, 1.54) is 0 Å². The Kier molecular flexibility index (Phi) is 6.26. The number of likely N-dealkylation sites (tertiary alicyclic amines) is 2. The van der Waals surface area contributed by atoms with Crippen molar-refractivity contribution in [3.05, 3.63) is 11.6 Å². The fourth-order valence-electron chi connectivity index (χ4n) is 5.45. The maximum absolute atomic E-state index is 13.8. The van der Waals surface area contributed by atoms with E-state index < -0.39 is 5.60 Å². The molecule has 3 aliphatic heterocycles. The van der Waals surface area contributed by atoms with E-state index in [9.17, 15) is 9.59 Å². The molecule has 2 saturated heterocycles. The molecule has 2 fully saturated rings. The number of amides is 2. The summed E-state index contributed by atoms with van der Waals surface area (Å²) in [6.45, 7) is 9.96. The van der Waals surface area contributed by atoms with Crippen LogP contribution in [0.15, 0.2) is 0 Å². The molecular formula is C23H37N5O3. The number of piperidine rings is 1. The fourth-order valence-corrected chi connectivity index (χ4v) is 5.45. The van der Waals surface area contributed by atoms with Crippen molar-refractivity contribution in [1.29, 1.82) is 0 Å². The first-order valence-corrected chi connectivity index (χ1v) is 12.0. The van der Waals surface area contributed by atoms with E-state index in [0.717, 1.165) is 69.7 Å². The minimum atomic E-state index is -0.539. The van der Waals surface area contributed by atoms with E-state index in [1.54, 1.807) is 4.90 Å². The molecular weight excluding hydrogens is 394 g/mol. The van der Waals surface area contributed by atoms with Crippen molar-refractivity contribution in [2.75, 3.05) is 13.1 Å². The number of aromatic nitrogens is 3. The third-order valence-corrected chi connectivity index (χ3v) is 6.88. The zero-order chi connectivity index (χ0) is 22.2. The number of carbonyl (C=O) groups is 2. The number of fused-ring (bicyclic) bond motifs is 1. The molecule has 0 aliphatic carbocycles. The van der Waals surface area contributed by atoms with Crippen LogP contribution in [-0.2, 0) is 22.5 Å². The average Bonchev–Trinajstić information content (AvgIpc) is 3.36. The summed E-state index contributed by atoms with van der Waals surface area (Å²) in [5.74, 6) is 2.00. The Morgan fingerprint density at radius 1 is 1.00 bits per heavy atom. The van der Waals surface area contributed by atoms with E-state index in [2.05, 4.69) is 21.7 Å². The Hall–Kier alpha value is -2.12. The van der Waals surface area contributed by atoms with Crippen LogP contribution in [0.1, 0.15) is 90.3 Å².